The predicted molar refractivity (Wildman–Crippen MR) is 120 cm³/mol. The summed E-state index contributed by atoms with van der Waals surface area (Å²) in [5, 5.41) is 2.10. The van der Waals surface area contributed by atoms with Gasteiger partial charge in [-0.1, -0.05) is 30.3 Å². The summed E-state index contributed by atoms with van der Waals surface area (Å²) < 4.78 is 27.6. The molecule has 3 heterocycles. The molecule has 0 amide bonds. The summed E-state index contributed by atoms with van der Waals surface area (Å²) >= 11 is 1.76. The Morgan fingerprint density at radius 1 is 1.10 bits per heavy atom. The number of nitrogens with zero attached hydrogens (tertiary/aromatic N) is 3. The van der Waals surface area contributed by atoms with E-state index < -0.39 is 10.0 Å². The zero-order valence-corrected chi connectivity index (χ0v) is 17.9. The molecule has 0 saturated carbocycles. The quantitative estimate of drug-likeness (QED) is 0.577. The second-order valence-corrected chi connectivity index (χ2v) is 9.57. The number of rotatable bonds is 6. The Kier molecular flexibility index (Phi) is 5.69. The Hall–Kier alpha value is -2.64. The van der Waals surface area contributed by atoms with E-state index in [0.29, 0.717) is 12.2 Å². The van der Waals surface area contributed by atoms with Gasteiger partial charge in [-0.3, -0.25) is 4.31 Å². The summed E-state index contributed by atoms with van der Waals surface area (Å²) in [6.45, 7) is 3.83. The highest BCUT2D eigenvalue weighted by molar-refractivity contribution is 7.92. The molecule has 3 aromatic rings. The van der Waals surface area contributed by atoms with Crippen molar-refractivity contribution in [2.75, 3.05) is 28.8 Å². The number of para-hydroxylation sites is 1. The number of thiophene rings is 1. The van der Waals surface area contributed by atoms with Crippen molar-refractivity contribution in [2.45, 2.75) is 18.2 Å². The first-order chi connectivity index (χ1) is 14.1. The Labute approximate surface area is 176 Å². The average Bonchev–Trinajstić information content (AvgIpc) is 3.30. The Bertz CT molecular complexity index is 1080. The van der Waals surface area contributed by atoms with Crippen molar-refractivity contribution in [1.82, 2.24) is 4.98 Å². The van der Waals surface area contributed by atoms with Gasteiger partial charge in [0.25, 0.3) is 10.0 Å². The molecule has 0 N–H and O–H groups in total. The van der Waals surface area contributed by atoms with Crippen LogP contribution in [0, 0.1) is 0 Å². The van der Waals surface area contributed by atoms with Gasteiger partial charge in [0.05, 0.1) is 5.69 Å². The number of benzene rings is 1. The minimum Gasteiger partial charge on any atom is -0.353 e. The van der Waals surface area contributed by atoms with Gasteiger partial charge in [-0.25, -0.2) is 13.4 Å². The molecule has 1 aromatic carbocycles. The molecule has 0 aliphatic carbocycles. The SMILES string of the molecule is CCN(c1ccccc1)S(=O)(=O)c1ccc(N2CC=C(c3cccs3)CC2)nc1. The van der Waals surface area contributed by atoms with Crippen LogP contribution in [0.15, 0.2) is 77.1 Å². The van der Waals surface area contributed by atoms with Crippen LogP contribution in [0.2, 0.25) is 0 Å². The predicted octanol–water partition coefficient (Wildman–Crippen LogP) is 4.65. The molecule has 0 bridgehead atoms. The third-order valence-corrected chi connectivity index (χ3v) is 7.84. The Morgan fingerprint density at radius 2 is 1.93 bits per heavy atom. The normalized spacial score (nSPS) is 14.5. The van der Waals surface area contributed by atoms with Gasteiger partial charge in [-0.05, 0) is 54.6 Å². The fourth-order valence-electron chi connectivity index (χ4n) is 3.49. The molecule has 0 atom stereocenters. The van der Waals surface area contributed by atoms with Gasteiger partial charge in [0.2, 0.25) is 0 Å². The van der Waals surface area contributed by atoms with Crippen molar-refractivity contribution in [3.8, 4) is 0 Å². The van der Waals surface area contributed by atoms with Crippen LogP contribution in [0.25, 0.3) is 5.57 Å². The van der Waals surface area contributed by atoms with Gasteiger partial charge in [0.1, 0.15) is 10.7 Å². The second kappa shape index (κ2) is 8.39. The smallest absolute Gasteiger partial charge is 0.265 e. The molecule has 7 heteroatoms. The summed E-state index contributed by atoms with van der Waals surface area (Å²) in [5.74, 6) is 0.799. The molecular formula is C22H23N3O2S2. The molecule has 0 saturated heterocycles. The zero-order valence-electron chi connectivity index (χ0n) is 16.2. The van der Waals surface area contributed by atoms with Crippen LogP contribution >= 0.6 is 11.3 Å². The highest BCUT2D eigenvalue weighted by Gasteiger charge is 2.24. The highest BCUT2D eigenvalue weighted by Crippen LogP contribution is 2.28. The lowest BCUT2D eigenvalue weighted by atomic mass is 10.1. The van der Waals surface area contributed by atoms with E-state index in [1.165, 1.54) is 21.0 Å². The zero-order chi connectivity index (χ0) is 20.3. The molecule has 0 fully saturated rings. The minimum absolute atomic E-state index is 0.207. The molecule has 0 unspecified atom stereocenters. The largest absolute Gasteiger partial charge is 0.353 e. The molecule has 29 heavy (non-hydrogen) atoms. The topological polar surface area (TPSA) is 53.5 Å². The van der Waals surface area contributed by atoms with E-state index in [1.807, 2.05) is 25.1 Å². The van der Waals surface area contributed by atoms with Crippen LogP contribution in [-0.2, 0) is 10.0 Å². The number of sulfonamides is 1. The maximum atomic E-state index is 13.1. The van der Waals surface area contributed by atoms with E-state index in [-0.39, 0.29) is 4.90 Å². The van der Waals surface area contributed by atoms with Crippen LogP contribution in [0.5, 0.6) is 0 Å². The van der Waals surface area contributed by atoms with Crippen molar-refractivity contribution >= 4 is 38.4 Å². The summed E-state index contributed by atoms with van der Waals surface area (Å²) in [6.07, 6.45) is 4.66. The molecule has 4 rings (SSSR count). The summed E-state index contributed by atoms with van der Waals surface area (Å²) in [5.41, 5.74) is 2.03. The lowest BCUT2D eigenvalue weighted by molar-refractivity contribution is 0.591. The van der Waals surface area contributed by atoms with Gasteiger partial charge in [-0.15, -0.1) is 11.3 Å². The van der Waals surface area contributed by atoms with E-state index in [2.05, 4.69) is 33.5 Å². The van der Waals surface area contributed by atoms with Crippen molar-refractivity contribution in [2.24, 2.45) is 0 Å². The first-order valence-corrected chi connectivity index (χ1v) is 11.9. The number of anilines is 2. The molecule has 0 spiro atoms. The molecule has 5 nitrogen and oxygen atoms in total. The number of aromatic nitrogens is 1. The van der Waals surface area contributed by atoms with Gasteiger partial charge in [-0.2, -0.15) is 0 Å². The van der Waals surface area contributed by atoms with Crippen LogP contribution in [0.4, 0.5) is 11.5 Å². The van der Waals surface area contributed by atoms with E-state index in [1.54, 1.807) is 35.6 Å². The molecule has 150 valence electrons. The highest BCUT2D eigenvalue weighted by atomic mass is 32.2. The third kappa shape index (κ3) is 4.06. The lowest BCUT2D eigenvalue weighted by Gasteiger charge is -2.27. The van der Waals surface area contributed by atoms with Crippen molar-refractivity contribution in [3.63, 3.8) is 0 Å². The van der Waals surface area contributed by atoms with Gasteiger partial charge < -0.3 is 4.90 Å². The average molecular weight is 426 g/mol. The maximum absolute atomic E-state index is 13.1. The summed E-state index contributed by atoms with van der Waals surface area (Å²) in [7, 11) is -3.65. The van der Waals surface area contributed by atoms with Crippen molar-refractivity contribution in [3.05, 3.63) is 77.1 Å². The fourth-order valence-corrected chi connectivity index (χ4v) is 5.70. The number of hydrogen-bond acceptors (Lipinski definition) is 5. The first-order valence-electron chi connectivity index (χ1n) is 9.61. The molecule has 0 radical (unpaired) electrons. The van der Waals surface area contributed by atoms with E-state index >= 15 is 0 Å². The van der Waals surface area contributed by atoms with Crippen LogP contribution < -0.4 is 9.21 Å². The van der Waals surface area contributed by atoms with Crippen molar-refractivity contribution in [1.29, 1.82) is 0 Å². The maximum Gasteiger partial charge on any atom is 0.265 e. The lowest BCUT2D eigenvalue weighted by Crippen LogP contribution is -2.31. The monoisotopic (exact) mass is 425 g/mol. The molecule has 1 aliphatic heterocycles. The molecule has 2 aromatic heterocycles. The molecular weight excluding hydrogens is 402 g/mol. The van der Waals surface area contributed by atoms with E-state index in [4.69, 9.17) is 0 Å². The van der Waals surface area contributed by atoms with E-state index in [0.717, 1.165) is 25.3 Å². The number of pyridine rings is 1. The summed E-state index contributed by atoms with van der Waals surface area (Å²) in [4.78, 5) is 8.16. The third-order valence-electron chi connectivity index (χ3n) is 5.01. The molecule has 1 aliphatic rings. The van der Waals surface area contributed by atoms with E-state index in [9.17, 15) is 8.42 Å². The van der Waals surface area contributed by atoms with Crippen LogP contribution in [0.1, 0.15) is 18.2 Å². The van der Waals surface area contributed by atoms with Gasteiger partial charge >= 0.3 is 0 Å². The summed E-state index contributed by atoms with van der Waals surface area (Å²) in [6, 6.07) is 16.8. The minimum atomic E-state index is -3.65. The van der Waals surface area contributed by atoms with Crippen molar-refractivity contribution < 1.29 is 8.42 Å². The number of hydrogen-bond donors (Lipinski definition) is 0. The van der Waals surface area contributed by atoms with Crippen LogP contribution in [-0.4, -0.2) is 33.0 Å². The first kappa shape index (κ1) is 19.7. The van der Waals surface area contributed by atoms with Gasteiger partial charge in [0.15, 0.2) is 0 Å². The Balaban J connectivity index is 1.52. The Morgan fingerprint density at radius 3 is 2.52 bits per heavy atom. The standard InChI is InChI=1S/C22H23N3O2S2/c1-2-25(19-7-4-3-5-8-19)29(26,27)20-10-11-22(23-17-20)24-14-12-18(13-15-24)21-9-6-16-28-21/h3-12,16-17H,2,13-15H2,1H3. The fraction of sp³-hybridized carbons (Fsp3) is 0.227. The second-order valence-electron chi connectivity index (χ2n) is 6.76. The van der Waals surface area contributed by atoms with Gasteiger partial charge in [0, 0.05) is 30.7 Å². The van der Waals surface area contributed by atoms with Crippen LogP contribution in [0.3, 0.4) is 0 Å².